The minimum absolute atomic E-state index is 0.165. The Morgan fingerprint density at radius 3 is 2.92 bits per heavy atom. The van der Waals surface area contributed by atoms with Gasteiger partial charge in [-0.15, -0.1) is 0 Å². The van der Waals surface area contributed by atoms with Gasteiger partial charge in [-0.3, -0.25) is 4.79 Å². The molecule has 0 aromatic rings. The minimum Gasteiger partial charge on any atom is -0.466 e. The smallest absolute Gasteiger partial charge is 0.306 e. The SMILES string of the molecule is CCOC(=O)CC1CC2CC12O. The molecule has 2 saturated carbocycles. The Bertz CT molecular complexity index is 214. The predicted molar refractivity (Wildman–Crippen MR) is 42.4 cm³/mol. The summed E-state index contributed by atoms with van der Waals surface area (Å²) in [5.41, 5.74) is -0.466. The average Bonchev–Trinajstić information content (AvgIpc) is 2.53. The van der Waals surface area contributed by atoms with Crippen molar-refractivity contribution in [1.82, 2.24) is 0 Å². The number of fused-ring (bicyclic) bond motifs is 1. The van der Waals surface area contributed by atoms with E-state index >= 15 is 0 Å². The molecular formula is C9H14O3. The number of ether oxygens (including phenoxy) is 1. The highest BCUT2D eigenvalue weighted by Gasteiger charge is 2.67. The molecule has 2 aliphatic rings. The predicted octanol–water partition coefficient (Wildman–Crippen LogP) is 0.710. The summed E-state index contributed by atoms with van der Waals surface area (Å²) in [7, 11) is 0. The fraction of sp³-hybridized carbons (Fsp3) is 0.889. The maximum atomic E-state index is 11.0. The number of carbonyl (C=O) groups excluding carboxylic acids is 1. The van der Waals surface area contributed by atoms with Gasteiger partial charge >= 0.3 is 5.97 Å². The Kier molecular flexibility index (Phi) is 1.65. The highest BCUT2D eigenvalue weighted by Crippen LogP contribution is 2.64. The summed E-state index contributed by atoms with van der Waals surface area (Å²) < 4.78 is 4.81. The highest BCUT2D eigenvalue weighted by atomic mass is 16.5. The lowest BCUT2D eigenvalue weighted by molar-refractivity contribution is -0.147. The van der Waals surface area contributed by atoms with Crippen molar-refractivity contribution >= 4 is 5.97 Å². The van der Waals surface area contributed by atoms with Crippen molar-refractivity contribution in [2.24, 2.45) is 11.8 Å². The summed E-state index contributed by atoms with van der Waals surface area (Å²) in [5.74, 6) is 0.514. The molecule has 0 aliphatic heterocycles. The first-order valence-electron chi connectivity index (χ1n) is 4.55. The van der Waals surface area contributed by atoms with E-state index in [0.29, 0.717) is 18.9 Å². The molecule has 0 bridgehead atoms. The Morgan fingerprint density at radius 2 is 2.50 bits per heavy atom. The van der Waals surface area contributed by atoms with Gasteiger partial charge in [-0.2, -0.15) is 0 Å². The van der Waals surface area contributed by atoms with Gasteiger partial charge in [-0.25, -0.2) is 0 Å². The van der Waals surface area contributed by atoms with Crippen LogP contribution >= 0.6 is 0 Å². The van der Waals surface area contributed by atoms with Crippen LogP contribution in [-0.4, -0.2) is 23.3 Å². The molecule has 12 heavy (non-hydrogen) atoms. The van der Waals surface area contributed by atoms with Crippen molar-refractivity contribution in [2.75, 3.05) is 6.61 Å². The molecule has 3 unspecified atom stereocenters. The standard InChI is InChI=1S/C9H14O3/c1-2-12-8(10)4-6-3-7-5-9(6,7)11/h6-7,11H,2-5H2,1H3. The second-order valence-electron chi connectivity index (χ2n) is 3.83. The number of rotatable bonds is 3. The summed E-state index contributed by atoms with van der Waals surface area (Å²) in [5, 5.41) is 9.66. The molecule has 3 heteroatoms. The summed E-state index contributed by atoms with van der Waals surface area (Å²) in [6.45, 7) is 2.24. The molecule has 0 saturated heterocycles. The van der Waals surface area contributed by atoms with Gasteiger partial charge in [0.15, 0.2) is 0 Å². The topological polar surface area (TPSA) is 46.5 Å². The fourth-order valence-corrected chi connectivity index (χ4v) is 2.19. The normalized spacial score (nSPS) is 42.8. The number of esters is 1. The summed E-state index contributed by atoms with van der Waals surface area (Å²) >= 11 is 0. The van der Waals surface area contributed by atoms with Crippen molar-refractivity contribution < 1.29 is 14.6 Å². The average molecular weight is 170 g/mol. The Morgan fingerprint density at radius 1 is 1.75 bits per heavy atom. The number of aliphatic hydroxyl groups is 1. The van der Waals surface area contributed by atoms with Crippen LogP contribution in [0.15, 0.2) is 0 Å². The summed E-state index contributed by atoms with van der Waals surface area (Å²) in [4.78, 5) is 11.0. The van der Waals surface area contributed by atoms with Gasteiger partial charge < -0.3 is 9.84 Å². The van der Waals surface area contributed by atoms with E-state index in [4.69, 9.17) is 4.74 Å². The first-order chi connectivity index (χ1) is 5.66. The zero-order chi connectivity index (χ0) is 8.77. The van der Waals surface area contributed by atoms with Crippen LogP contribution in [0.2, 0.25) is 0 Å². The third-order valence-electron chi connectivity index (χ3n) is 3.11. The second-order valence-corrected chi connectivity index (χ2v) is 3.83. The maximum absolute atomic E-state index is 11.0. The van der Waals surface area contributed by atoms with Gasteiger partial charge in [0.1, 0.15) is 0 Å². The third kappa shape index (κ3) is 1.04. The van der Waals surface area contributed by atoms with Gasteiger partial charge in [-0.1, -0.05) is 0 Å². The molecule has 2 aliphatic carbocycles. The van der Waals surface area contributed by atoms with Crippen LogP contribution in [0.5, 0.6) is 0 Å². The van der Waals surface area contributed by atoms with Crippen LogP contribution in [0.3, 0.4) is 0 Å². The van der Waals surface area contributed by atoms with Gasteiger partial charge in [0.05, 0.1) is 18.6 Å². The summed E-state index contributed by atoms with van der Waals surface area (Å²) in [6.07, 6.45) is 2.31. The van der Waals surface area contributed by atoms with Crippen molar-refractivity contribution in [3.05, 3.63) is 0 Å². The van der Waals surface area contributed by atoms with Gasteiger partial charge in [0.2, 0.25) is 0 Å². The first kappa shape index (κ1) is 8.05. The molecule has 0 spiro atoms. The molecule has 3 nitrogen and oxygen atoms in total. The van der Waals surface area contributed by atoms with E-state index in [-0.39, 0.29) is 11.9 Å². The van der Waals surface area contributed by atoms with Crippen molar-refractivity contribution in [1.29, 1.82) is 0 Å². The number of carbonyl (C=O) groups is 1. The monoisotopic (exact) mass is 170 g/mol. The van der Waals surface area contributed by atoms with Gasteiger partial charge in [0, 0.05) is 0 Å². The zero-order valence-electron chi connectivity index (χ0n) is 7.25. The van der Waals surface area contributed by atoms with Crippen LogP contribution in [0, 0.1) is 11.8 Å². The number of hydrogen-bond acceptors (Lipinski definition) is 3. The van der Waals surface area contributed by atoms with E-state index in [9.17, 15) is 9.90 Å². The van der Waals surface area contributed by atoms with Gasteiger partial charge in [-0.05, 0) is 31.6 Å². The van der Waals surface area contributed by atoms with E-state index in [0.717, 1.165) is 12.8 Å². The van der Waals surface area contributed by atoms with Crippen LogP contribution in [0.1, 0.15) is 26.2 Å². The van der Waals surface area contributed by atoms with E-state index in [1.807, 2.05) is 0 Å². The van der Waals surface area contributed by atoms with Crippen LogP contribution in [0.25, 0.3) is 0 Å². The van der Waals surface area contributed by atoms with Gasteiger partial charge in [0.25, 0.3) is 0 Å². The molecule has 0 radical (unpaired) electrons. The van der Waals surface area contributed by atoms with Crippen LogP contribution in [-0.2, 0) is 9.53 Å². The lowest BCUT2D eigenvalue weighted by Gasteiger charge is -2.31. The molecule has 0 amide bonds. The van der Waals surface area contributed by atoms with Crippen LogP contribution in [0.4, 0.5) is 0 Å². The maximum Gasteiger partial charge on any atom is 0.306 e. The molecule has 0 aromatic heterocycles. The molecule has 2 rings (SSSR count). The molecule has 68 valence electrons. The quantitative estimate of drug-likeness (QED) is 0.634. The first-order valence-corrected chi connectivity index (χ1v) is 4.55. The van der Waals surface area contributed by atoms with Crippen LogP contribution < -0.4 is 0 Å². The molecule has 0 aromatic carbocycles. The second kappa shape index (κ2) is 2.46. The molecule has 1 N–H and O–H groups in total. The third-order valence-corrected chi connectivity index (χ3v) is 3.11. The molecule has 2 fully saturated rings. The van der Waals surface area contributed by atoms with E-state index < -0.39 is 5.60 Å². The minimum atomic E-state index is -0.466. The lowest BCUT2D eigenvalue weighted by Crippen LogP contribution is -2.36. The highest BCUT2D eigenvalue weighted by molar-refractivity contribution is 5.70. The molecule has 3 atom stereocenters. The van der Waals surface area contributed by atoms with Crippen molar-refractivity contribution in [3.63, 3.8) is 0 Å². The summed E-state index contributed by atoms with van der Waals surface area (Å²) in [6, 6.07) is 0. The molecular weight excluding hydrogens is 156 g/mol. The Hall–Kier alpha value is -0.570. The Balaban J connectivity index is 1.77. The van der Waals surface area contributed by atoms with Crippen molar-refractivity contribution in [2.45, 2.75) is 31.8 Å². The lowest BCUT2D eigenvalue weighted by atomic mass is 9.79. The number of hydrogen-bond donors (Lipinski definition) is 1. The fourth-order valence-electron chi connectivity index (χ4n) is 2.19. The zero-order valence-corrected chi connectivity index (χ0v) is 7.25. The Labute approximate surface area is 71.7 Å². The van der Waals surface area contributed by atoms with E-state index in [1.165, 1.54) is 0 Å². The van der Waals surface area contributed by atoms with E-state index in [1.54, 1.807) is 6.92 Å². The van der Waals surface area contributed by atoms with Crippen molar-refractivity contribution in [3.8, 4) is 0 Å². The largest absolute Gasteiger partial charge is 0.466 e. The van der Waals surface area contributed by atoms with E-state index in [2.05, 4.69) is 0 Å². The molecule has 0 heterocycles.